The maximum absolute atomic E-state index is 2.34. The van der Waals surface area contributed by atoms with Gasteiger partial charge in [0, 0.05) is 0 Å². The highest BCUT2D eigenvalue weighted by molar-refractivity contribution is 6.56. The molecule has 0 aromatic heterocycles. The second-order valence-electron chi connectivity index (χ2n) is 3.57. The van der Waals surface area contributed by atoms with Crippen molar-refractivity contribution < 1.29 is 0 Å². The van der Waals surface area contributed by atoms with Crippen molar-refractivity contribution in [1.29, 1.82) is 0 Å². The van der Waals surface area contributed by atoms with Crippen molar-refractivity contribution in [2.45, 2.75) is 6.04 Å². The molecular formula is C13H10Si. The quantitative estimate of drug-likeness (QED) is 0.566. The standard InChI is InChI=1S/C13H10Si/c1-2-5-11-9-13-12(6-3-7-14-13)8-10(11)4-1/h1-6,8-9H,7H2. The van der Waals surface area contributed by atoms with E-state index in [9.17, 15) is 0 Å². The molecule has 0 bridgehead atoms. The van der Waals surface area contributed by atoms with Crippen LogP contribution in [0.1, 0.15) is 5.56 Å². The molecule has 2 aromatic rings. The lowest BCUT2D eigenvalue weighted by atomic mass is 10.1. The summed E-state index contributed by atoms with van der Waals surface area (Å²) < 4.78 is 0. The second kappa shape index (κ2) is 3.10. The molecule has 2 aromatic carbocycles. The van der Waals surface area contributed by atoms with Crippen LogP contribution >= 0.6 is 0 Å². The summed E-state index contributed by atoms with van der Waals surface area (Å²) in [6, 6.07) is 14.4. The number of benzene rings is 2. The molecular weight excluding hydrogens is 184 g/mol. The van der Waals surface area contributed by atoms with Crippen molar-refractivity contribution in [3.8, 4) is 0 Å². The summed E-state index contributed by atoms with van der Waals surface area (Å²) >= 11 is 0. The first-order valence-electron chi connectivity index (χ1n) is 4.87. The zero-order valence-electron chi connectivity index (χ0n) is 7.83. The average Bonchev–Trinajstić information content (AvgIpc) is 2.26. The molecule has 1 heterocycles. The van der Waals surface area contributed by atoms with Gasteiger partial charge < -0.3 is 0 Å². The van der Waals surface area contributed by atoms with E-state index in [0.717, 1.165) is 9.52 Å². The summed E-state index contributed by atoms with van der Waals surface area (Å²) in [6.45, 7) is 0. The number of hydrogen-bond acceptors (Lipinski definition) is 0. The number of allylic oxidation sites excluding steroid dienone is 1. The van der Waals surface area contributed by atoms with Crippen molar-refractivity contribution in [1.82, 2.24) is 0 Å². The highest BCUT2D eigenvalue weighted by atomic mass is 28.2. The lowest BCUT2D eigenvalue weighted by Gasteiger charge is -2.10. The Balaban J connectivity index is 2.34. The third-order valence-corrected chi connectivity index (χ3v) is 3.88. The lowest BCUT2D eigenvalue weighted by molar-refractivity contribution is 1.64. The van der Waals surface area contributed by atoms with Crippen LogP contribution in [0.25, 0.3) is 16.8 Å². The predicted molar refractivity (Wildman–Crippen MR) is 63.2 cm³/mol. The van der Waals surface area contributed by atoms with Crippen molar-refractivity contribution in [3.63, 3.8) is 0 Å². The topological polar surface area (TPSA) is 0 Å². The van der Waals surface area contributed by atoms with Crippen LogP contribution in [0.4, 0.5) is 0 Å². The largest absolute Gasteiger partial charge is 0.0867 e. The average molecular weight is 194 g/mol. The van der Waals surface area contributed by atoms with Gasteiger partial charge in [0.1, 0.15) is 0 Å². The van der Waals surface area contributed by atoms with Crippen LogP contribution in [-0.2, 0) is 0 Å². The minimum atomic E-state index is 0.949. The molecule has 66 valence electrons. The molecule has 0 amide bonds. The monoisotopic (exact) mass is 194 g/mol. The first-order valence-corrected chi connectivity index (χ1v) is 6.07. The summed E-state index contributed by atoms with van der Waals surface area (Å²) in [7, 11) is 0.949. The van der Waals surface area contributed by atoms with E-state index in [0.29, 0.717) is 0 Å². The van der Waals surface area contributed by atoms with Gasteiger partial charge in [0.25, 0.3) is 0 Å². The fourth-order valence-corrected chi connectivity index (χ4v) is 2.98. The van der Waals surface area contributed by atoms with Crippen LogP contribution in [0, 0.1) is 0 Å². The summed E-state index contributed by atoms with van der Waals surface area (Å²) in [6.07, 6.45) is 4.52. The maximum Gasteiger partial charge on any atom is 0.0858 e. The van der Waals surface area contributed by atoms with Crippen molar-refractivity contribution in [2.75, 3.05) is 0 Å². The molecule has 1 aliphatic heterocycles. The minimum Gasteiger partial charge on any atom is -0.0867 e. The lowest BCUT2D eigenvalue weighted by Crippen LogP contribution is -2.18. The van der Waals surface area contributed by atoms with E-state index < -0.39 is 0 Å². The molecule has 0 fully saturated rings. The molecule has 14 heavy (non-hydrogen) atoms. The molecule has 0 spiro atoms. The third kappa shape index (κ3) is 1.21. The highest BCUT2D eigenvalue weighted by Crippen LogP contribution is 2.17. The van der Waals surface area contributed by atoms with Crippen molar-refractivity contribution >= 4 is 31.6 Å². The van der Waals surface area contributed by atoms with Gasteiger partial charge in [0.15, 0.2) is 0 Å². The van der Waals surface area contributed by atoms with E-state index in [1.165, 1.54) is 27.6 Å². The van der Waals surface area contributed by atoms with Crippen LogP contribution in [-0.4, -0.2) is 9.52 Å². The van der Waals surface area contributed by atoms with E-state index in [1.54, 1.807) is 0 Å². The Morgan fingerprint density at radius 2 is 1.79 bits per heavy atom. The fourth-order valence-electron chi connectivity index (χ4n) is 1.90. The fraction of sp³-hybridized carbons (Fsp3) is 0.0769. The molecule has 2 radical (unpaired) electrons. The zero-order valence-corrected chi connectivity index (χ0v) is 8.83. The van der Waals surface area contributed by atoms with Gasteiger partial charge in [0.05, 0.1) is 9.52 Å². The Morgan fingerprint density at radius 3 is 2.64 bits per heavy atom. The molecule has 1 heteroatoms. The van der Waals surface area contributed by atoms with E-state index in [4.69, 9.17) is 0 Å². The third-order valence-electron chi connectivity index (χ3n) is 2.63. The Morgan fingerprint density at radius 1 is 1.00 bits per heavy atom. The Hall–Kier alpha value is -1.34. The molecule has 0 nitrogen and oxygen atoms in total. The van der Waals surface area contributed by atoms with Gasteiger partial charge in [-0.25, -0.2) is 0 Å². The van der Waals surface area contributed by atoms with E-state index in [1.807, 2.05) is 0 Å². The van der Waals surface area contributed by atoms with Crippen molar-refractivity contribution in [2.24, 2.45) is 0 Å². The molecule has 0 atom stereocenters. The highest BCUT2D eigenvalue weighted by Gasteiger charge is 2.05. The second-order valence-corrected chi connectivity index (χ2v) is 4.87. The van der Waals surface area contributed by atoms with Gasteiger partial charge in [-0.3, -0.25) is 0 Å². The zero-order chi connectivity index (χ0) is 9.38. The van der Waals surface area contributed by atoms with E-state index in [2.05, 4.69) is 48.6 Å². The first kappa shape index (κ1) is 8.01. The molecule has 0 saturated carbocycles. The van der Waals surface area contributed by atoms with Gasteiger partial charge in [-0.1, -0.05) is 47.7 Å². The summed E-state index contributed by atoms with van der Waals surface area (Å²) in [5, 5.41) is 4.24. The van der Waals surface area contributed by atoms with Crippen molar-refractivity contribution in [3.05, 3.63) is 48.0 Å². The van der Waals surface area contributed by atoms with E-state index >= 15 is 0 Å². The Kier molecular flexibility index (Phi) is 1.77. The maximum atomic E-state index is 2.34. The number of fused-ring (bicyclic) bond motifs is 2. The van der Waals surface area contributed by atoms with Gasteiger partial charge in [-0.15, -0.1) is 0 Å². The van der Waals surface area contributed by atoms with Crippen LogP contribution in [0.15, 0.2) is 42.5 Å². The van der Waals surface area contributed by atoms with Gasteiger partial charge >= 0.3 is 0 Å². The molecule has 1 aliphatic rings. The number of rotatable bonds is 0. The van der Waals surface area contributed by atoms with Crippen LogP contribution < -0.4 is 5.19 Å². The molecule has 0 saturated heterocycles. The normalized spacial score (nSPS) is 14.3. The molecule has 0 N–H and O–H groups in total. The summed E-state index contributed by atoms with van der Waals surface area (Å²) in [4.78, 5) is 0. The van der Waals surface area contributed by atoms with Gasteiger partial charge in [-0.2, -0.15) is 0 Å². The molecule has 0 aliphatic carbocycles. The summed E-state index contributed by atoms with van der Waals surface area (Å²) in [5.74, 6) is 0. The molecule has 0 unspecified atom stereocenters. The van der Waals surface area contributed by atoms with Gasteiger partial charge in [0.2, 0.25) is 0 Å². The van der Waals surface area contributed by atoms with Gasteiger partial charge in [-0.05, 0) is 28.4 Å². The van der Waals surface area contributed by atoms with Crippen LogP contribution in [0.2, 0.25) is 6.04 Å². The van der Waals surface area contributed by atoms with Crippen LogP contribution in [0.3, 0.4) is 0 Å². The SMILES string of the molecule is C1=Cc2cc3ccccc3cc2[Si]C1. The Bertz CT molecular complexity index is 512. The predicted octanol–water partition coefficient (Wildman–Crippen LogP) is 2.61. The number of hydrogen-bond donors (Lipinski definition) is 0. The molecule has 3 rings (SSSR count). The minimum absolute atomic E-state index is 0.949. The van der Waals surface area contributed by atoms with E-state index in [-0.39, 0.29) is 0 Å². The Labute approximate surface area is 86.1 Å². The first-order chi connectivity index (χ1) is 6.93. The van der Waals surface area contributed by atoms with Crippen LogP contribution in [0.5, 0.6) is 0 Å². The smallest absolute Gasteiger partial charge is 0.0858 e. The summed E-state index contributed by atoms with van der Waals surface area (Å²) in [5.41, 5.74) is 1.41.